The van der Waals surface area contributed by atoms with Crippen LogP contribution in [-0.2, 0) is 6.61 Å². The summed E-state index contributed by atoms with van der Waals surface area (Å²) in [7, 11) is 0. The van der Waals surface area contributed by atoms with Crippen LogP contribution < -0.4 is 4.74 Å². The van der Waals surface area contributed by atoms with Gasteiger partial charge in [0.25, 0.3) is 5.69 Å². The molecule has 0 aromatic heterocycles. The minimum absolute atomic E-state index is 0.0895. The highest BCUT2D eigenvalue weighted by molar-refractivity contribution is 5.46. The van der Waals surface area contributed by atoms with Crippen molar-refractivity contribution >= 4 is 5.69 Å². The summed E-state index contributed by atoms with van der Waals surface area (Å²) in [4.78, 5) is 10.1. The van der Waals surface area contributed by atoms with Crippen molar-refractivity contribution in [3.63, 3.8) is 0 Å². The number of nitrogens with zero attached hydrogens (tertiary/aromatic N) is 2. The zero-order valence-corrected chi connectivity index (χ0v) is 10.6. The largest absolute Gasteiger partial charge is 0.457 e. The summed E-state index contributed by atoms with van der Waals surface area (Å²) < 4.78 is 18.8. The number of aliphatic hydroxyl groups is 1. The molecule has 6 nitrogen and oxygen atoms in total. The van der Waals surface area contributed by atoms with Gasteiger partial charge in [0.15, 0.2) is 0 Å². The summed E-state index contributed by atoms with van der Waals surface area (Å²) >= 11 is 0. The highest BCUT2D eigenvalue weighted by atomic mass is 19.1. The Morgan fingerprint density at radius 3 is 2.52 bits per heavy atom. The summed E-state index contributed by atoms with van der Waals surface area (Å²) in [6.45, 7) is -0.519. The second-order valence-corrected chi connectivity index (χ2v) is 4.06. The first-order valence-electron chi connectivity index (χ1n) is 5.81. The first kappa shape index (κ1) is 14.4. The second kappa shape index (κ2) is 5.98. The van der Waals surface area contributed by atoms with Gasteiger partial charge in [0.05, 0.1) is 22.7 Å². The van der Waals surface area contributed by atoms with E-state index >= 15 is 0 Å². The Kier molecular flexibility index (Phi) is 4.11. The molecular weight excluding hydrogens is 279 g/mol. The van der Waals surface area contributed by atoms with Crippen molar-refractivity contribution in [3.8, 4) is 17.6 Å². The fraction of sp³-hybridized carbons (Fsp3) is 0.0714. The third kappa shape index (κ3) is 3.13. The molecule has 0 radical (unpaired) electrons. The van der Waals surface area contributed by atoms with Crippen LogP contribution in [0.15, 0.2) is 36.4 Å². The Morgan fingerprint density at radius 2 is 1.95 bits per heavy atom. The molecule has 0 fully saturated rings. The number of ether oxygens (including phenoxy) is 1. The molecule has 0 saturated heterocycles. The molecule has 0 spiro atoms. The van der Waals surface area contributed by atoms with Gasteiger partial charge in [-0.2, -0.15) is 5.26 Å². The maximum absolute atomic E-state index is 13.4. The van der Waals surface area contributed by atoms with Crippen LogP contribution in [0.2, 0.25) is 0 Å². The van der Waals surface area contributed by atoms with Gasteiger partial charge in [-0.15, -0.1) is 0 Å². The number of halogens is 1. The molecule has 0 atom stereocenters. The number of nitro groups is 1. The molecule has 2 aromatic carbocycles. The lowest BCUT2D eigenvalue weighted by Gasteiger charge is -2.07. The van der Waals surface area contributed by atoms with Gasteiger partial charge < -0.3 is 9.84 Å². The molecule has 0 saturated carbocycles. The van der Waals surface area contributed by atoms with Crippen molar-refractivity contribution in [2.45, 2.75) is 6.61 Å². The normalized spacial score (nSPS) is 9.95. The number of benzene rings is 2. The molecule has 0 bridgehead atoms. The Morgan fingerprint density at radius 1 is 1.29 bits per heavy atom. The van der Waals surface area contributed by atoms with E-state index in [2.05, 4.69) is 0 Å². The van der Waals surface area contributed by atoms with Gasteiger partial charge in [0, 0.05) is 12.1 Å². The third-order valence-electron chi connectivity index (χ3n) is 2.71. The first-order valence-corrected chi connectivity index (χ1v) is 5.81. The van der Waals surface area contributed by atoms with Crippen LogP contribution in [0.1, 0.15) is 11.1 Å². The van der Waals surface area contributed by atoms with E-state index in [1.54, 1.807) is 6.07 Å². The predicted molar refractivity (Wildman–Crippen MR) is 70.2 cm³/mol. The lowest BCUT2D eigenvalue weighted by molar-refractivity contribution is -0.385. The SMILES string of the molecule is N#Cc1ccc(Oc2ccc([N+](=O)[O-])c(CO)c2)cc1F. The Bertz CT molecular complexity index is 740. The third-order valence-corrected chi connectivity index (χ3v) is 2.71. The van der Waals surface area contributed by atoms with Gasteiger partial charge in [-0.3, -0.25) is 10.1 Å². The van der Waals surface area contributed by atoms with Crippen LogP contribution >= 0.6 is 0 Å². The molecule has 1 N–H and O–H groups in total. The standard InChI is InChI=1S/C14H9FN2O4/c15-13-6-12(2-1-9(13)7-16)21-11-3-4-14(17(19)20)10(5-11)8-18/h1-6,18H,8H2. The molecule has 106 valence electrons. The van der Waals surface area contributed by atoms with Crippen molar-refractivity contribution < 1.29 is 19.2 Å². The zero-order valence-electron chi connectivity index (χ0n) is 10.6. The van der Waals surface area contributed by atoms with Crippen molar-refractivity contribution in [3.05, 3.63) is 63.5 Å². The van der Waals surface area contributed by atoms with Crippen molar-refractivity contribution in [2.75, 3.05) is 0 Å². The highest BCUT2D eigenvalue weighted by Gasteiger charge is 2.14. The topological polar surface area (TPSA) is 96.4 Å². The van der Waals surface area contributed by atoms with E-state index in [1.807, 2.05) is 0 Å². The molecule has 21 heavy (non-hydrogen) atoms. The minimum Gasteiger partial charge on any atom is -0.457 e. The summed E-state index contributed by atoms with van der Waals surface area (Å²) in [5, 5.41) is 28.5. The number of hydrogen-bond acceptors (Lipinski definition) is 5. The van der Waals surface area contributed by atoms with Crippen LogP contribution in [0.3, 0.4) is 0 Å². The minimum atomic E-state index is -0.723. The predicted octanol–water partition coefficient (Wildman–Crippen LogP) is 2.89. The first-order chi connectivity index (χ1) is 10.0. The van der Waals surface area contributed by atoms with Gasteiger partial charge in [-0.25, -0.2) is 4.39 Å². The van der Waals surface area contributed by atoms with Crippen molar-refractivity contribution in [2.24, 2.45) is 0 Å². The number of nitriles is 1. The van der Waals surface area contributed by atoms with Gasteiger partial charge in [0.2, 0.25) is 0 Å². The molecule has 0 amide bonds. The van der Waals surface area contributed by atoms with Crippen LogP contribution in [-0.4, -0.2) is 10.0 Å². The van der Waals surface area contributed by atoms with Gasteiger partial charge in [0.1, 0.15) is 23.4 Å². The molecule has 0 aliphatic rings. The molecule has 0 aliphatic carbocycles. The van der Waals surface area contributed by atoms with Gasteiger partial charge in [-0.1, -0.05) is 0 Å². The molecule has 0 heterocycles. The number of nitro benzene ring substituents is 1. The fourth-order valence-corrected chi connectivity index (χ4v) is 1.72. The maximum atomic E-state index is 13.4. The molecular formula is C14H9FN2O4. The molecule has 2 rings (SSSR count). The lowest BCUT2D eigenvalue weighted by Crippen LogP contribution is -1.96. The average Bonchev–Trinajstić information content (AvgIpc) is 2.47. The average molecular weight is 288 g/mol. The van der Waals surface area contributed by atoms with E-state index in [-0.39, 0.29) is 28.3 Å². The lowest BCUT2D eigenvalue weighted by atomic mass is 10.2. The summed E-state index contributed by atoms with van der Waals surface area (Å²) in [5.41, 5.74) is -0.246. The number of rotatable bonds is 4. The van der Waals surface area contributed by atoms with Crippen LogP contribution in [0.4, 0.5) is 10.1 Å². The van der Waals surface area contributed by atoms with Gasteiger partial charge >= 0.3 is 0 Å². The van der Waals surface area contributed by atoms with E-state index in [1.165, 1.54) is 30.3 Å². The van der Waals surface area contributed by atoms with Crippen molar-refractivity contribution in [1.29, 1.82) is 5.26 Å². The monoisotopic (exact) mass is 288 g/mol. The quantitative estimate of drug-likeness (QED) is 0.689. The molecule has 2 aromatic rings. The Hall–Kier alpha value is -2.98. The summed E-state index contributed by atoms with van der Waals surface area (Å²) in [5.74, 6) is -0.364. The molecule has 0 unspecified atom stereocenters. The Labute approximate surface area is 118 Å². The van der Waals surface area contributed by atoms with E-state index in [0.717, 1.165) is 6.07 Å². The maximum Gasteiger partial charge on any atom is 0.275 e. The van der Waals surface area contributed by atoms with Crippen LogP contribution in [0, 0.1) is 27.3 Å². The Balaban J connectivity index is 2.30. The van der Waals surface area contributed by atoms with E-state index in [0.29, 0.717) is 0 Å². The fourth-order valence-electron chi connectivity index (χ4n) is 1.72. The van der Waals surface area contributed by atoms with E-state index in [4.69, 9.17) is 15.1 Å². The molecule has 0 aliphatic heterocycles. The van der Waals surface area contributed by atoms with Crippen LogP contribution in [0.25, 0.3) is 0 Å². The van der Waals surface area contributed by atoms with E-state index < -0.39 is 17.3 Å². The van der Waals surface area contributed by atoms with E-state index in [9.17, 15) is 14.5 Å². The van der Waals surface area contributed by atoms with Gasteiger partial charge in [-0.05, 0) is 24.3 Å². The second-order valence-electron chi connectivity index (χ2n) is 4.06. The number of hydrogen-bond donors (Lipinski definition) is 1. The smallest absolute Gasteiger partial charge is 0.275 e. The summed E-state index contributed by atoms with van der Waals surface area (Å²) in [6.07, 6.45) is 0. The van der Waals surface area contributed by atoms with Crippen LogP contribution in [0.5, 0.6) is 11.5 Å². The molecule has 7 heteroatoms. The number of aliphatic hydroxyl groups excluding tert-OH is 1. The van der Waals surface area contributed by atoms with Crippen molar-refractivity contribution in [1.82, 2.24) is 0 Å². The summed E-state index contributed by atoms with van der Waals surface area (Å²) in [6, 6.07) is 9.23. The zero-order chi connectivity index (χ0) is 15.4. The highest BCUT2D eigenvalue weighted by Crippen LogP contribution is 2.28.